The number of carbonyl (C=O) groups is 1. The maximum absolute atomic E-state index is 14.1. The Bertz CT molecular complexity index is 754. The summed E-state index contributed by atoms with van der Waals surface area (Å²) in [5, 5.41) is 7.18. The minimum Gasteiger partial charge on any atom is -0.309 e. The molecule has 116 valence electrons. The highest BCUT2D eigenvalue weighted by Crippen LogP contribution is 2.27. The summed E-state index contributed by atoms with van der Waals surface area (Å²) in [6.07, 6.45) is 0.673. The molecule has 22 heavy (non-hydrogen) atoms. The molecular weight excluding hydrogens is 307 g/mol. The number of hydrogen-bond donors (Lipinski definition) is 1. The minimum absolute atomic E-state index is 0. The smallest absolute Gasteiger partial charge is 0.247 e. The molecule has 7 heteroatoms. The number of hydrogen-bond acceptors (Lipinski definition) is 3. The minimum atomic E-state index is -0.359. The summed E-state index contributed by atoms with van der Waals surface area (Å²) in [4.78, 5) is 16.1. The van der Waals surface area contributed by atoms with Gasteiger partial charge in [-0.2, -0.15) is 5.10 Å². The Kier molecular flexibility index (Phi) is 4.61. The van der Waals surface area contributed by atoms with Gasteiger partial charge in [-0.15, -0.1) is 12.4 Å². The van der Waals surface area contributed by atoms with Crippen molar-refractivity contribution in [2.45, 2.75) is 13.3 Å². The van der Waals surface area contributed by atoms with Crippen molar-refractivity contribution in [3.63, 3.8) is 0 Å². The number of aliphatic imine (C=N–C) groups is 1. The summed E-state index contributed by atoms with van der Waals surface area (Å²) < 4.78 is 15.7. The molecule has 1 aromatic carbocycles. The summed E-state index contributed by atoms with van der Waals surface area (Å²) >= 11 is 0. The van der Waals surface area contributed by atoms with Crippen molar-refractivity contribution in [3.8, 4) is 0 Å². The maximum atomic E-state index is 14.1. The van der Waals surface area contributed by atoms with Gasteiger partial charge in [-0.25, -0.2) is 4.39 Å². The number of halogens is 2. The highest BCUT2D eigenvalue weighted by atomic mass is 35.5. The monoisotopic (exact) mass is 322 g/mol. The molecule has 1 aliphatic heterocycles. The Morgan fingerprint density at radius 1 is 1.36 bits per heavy atom. The number of benzene rings is 1. The van der Waals surface area contributed by atoms with E-state index in [0.717, 1.165) is 5.69 Å². The van der Waals surface area contributed by atoms with Crippen LogP contribution in [0.25, 0.3) is 0 Å². The fourth-order valence-electron chi connectivity index (χ4n) is 2.49. The van der Waals surface area contributed by atoms with Gasteiger partial charge in [0.05, 0.1) is 17.0 Å². The van der Waals surface area contributed by atoms with E-state index in [1.165, 1.54) is 6.07 Å². The summed E-state index contributed by atoms with van der Waals surface area (Å²) in [7, 11) is 1.75. The van der Waals surface area contributed by atoms with Crippen molar-refractivity contribution in [1.82, 2.24) is 9.78 Å². The van der Waals surface area contributed by atoms with Gasteiger partial charge >= 0.3 is 0 Å². The lowest BCUT2D eigenvalue weighted by Gasteiger charge is -2.08. The van der Waals surface area contributed by atoms with E-state index in [1.807, 2.05) is 6.92 Å². The maximum Gasteiger partial charge on any atom is 0.247 e. The van der Waals surface area contributed by atoms with Crippen LogP contribution < -0.4 is 5.32 Å². The molecule has 2 heterocycles. The Hall–Kier alpha value is -2.21. The number of rotatable bonds is 2. The number of carbonyl (C=O) groups excluding carboxylic acids is 1. The van der Waals surface area contributed by atoms with E-state index < -0.39 is 0 Å². The first-order chi connectivity index (χ1) is 10.1. The van der Waals surface area contributed by atoms with Crippen LogP contribution in [-0.4, -0.2) is 27.9 Å². The normalized spacial score (nSPS) is 13.6. The number of aromatic nitrogens is 2. The molecule has 0 saturated carbocycles. The third-order valence-electron chi connectivity index (χ3n) is 3.46. The molecule has 0 atom stereocenters. The zero-order chi connectivity index (χ0) is 15.0. The third kappa shape index (κ3) is 2.62. The fraction of sp³-hybridized carbons (Fsp3) is 0.267. The van der Waals surface area contributed by atoms with Crippen molar-refractivity contribution < 1.29 is 9.18 Å². The van der Waals surface area contributed by atoms with Gasteiger partial charge in [0.2, 0.25) is 5.91 Å². The molecule has 3 rings (SSSR count). The zero-order valence-electron chi connectivity index (χ0n) is 12.3. The van der Waals surface area contributed by atoms with Gasteiger partial charge < -0.3 is 5.32 Å². The predicted molar refractivity (Wildman–Crippen MR) is 85.4 cm³/mol. The Labute approximate surface area is 133 Å². The van der Waals surface area contributed by atoms with Gasteiger partial charge in [-0.05, 0) is 18.6 Å². The molecule has 1 aliphatic rings. The molecule has 2 aromatic rings. The van der Waals surface area contributed by atoms with Gasteiger partial charge in [0, 0.05) is 12.6 Å². The lowest BCUT2D eigenvalue weighted by molar-refractivity contribution is -0.114. The Morgan fingerprint density at radius 2 is 2.09 bits per heavy atom. The number of nitrogens with zero attached hydrogens (tertiary/aromatic N) is 3. The van der Waals surface area contributed by atoms with Crippen molar-refractivity contribution in [2.24, 2.45) is 12.0 Å². The van der Waals surface area contributed by atoms with E-state index in [9.17, 15) is 9.18 Å². The van der Waals surface area contributed by atoms with Crippen molar-refractivity contribution >= 4 is 29.8 Å². The van der Waals surface area contributed by atoms with E-state index >= 15 is 0 Å². The first-order valence-corrected chi connectivity index (χ1v) is 6.77. The molecule has 5 nitrogen and oxygen atoms in total. The molecule has 1 aromatic heterocycles. The summed E-state index contributed by atoms with van der Waals surface area (Å²) in [5.74, 6) is -0.0212. The highest BCUT2D eigenvalue weighted by Gasteiger charge is 2.26. The van der Waals surface area contributed by atoms with E-state index in [2.05, 4.69) is 15.4 Å². The molecule has 0 fully saturated rings. The van der Waals surface area contributed by atoms with Gasteiger partial charge in [-0.1, -0.05) is 19.1 Å². The van der Waals surface area contributed by atoms with Crippen LogP contribution in [0.15, 0.2) is 29.3 Å². The zero-order valence-corrected chi connectivity index (χ0v) is 13.1. The fourth-order valence-corrected chi connectivity index (χ4v) is 2.49. The van der Waals surface area contributed by atoms with Gasteiger partial charge in [0.15, 0.2) is 0 Å². The molecule has 0 spiro atoms. The molecule has 0 unspecified atom stereocenters. The second kappa shape index (κ2) is 6.27. The van der Waals surface area contributed by atoms with Crippen LogP contribution in [0.4, 0.5) is 10.2 Å². The highest BCUT2D eigenvalue weighted by molar-refractivity contribution is 6.19. The topological polar surface area (TPSA) is 59.3 Å². The summed E-state index contributed by atoms with van der Waals surface area (Å²) in [6, 6.07) is 6.44. The molecule has 0 saturated heterocycles. The average molecular weight is 323 g/mol. The van der Waals surface area contributed by atoms with Crippen LogP contribution in [0.5, 0.6) is 0 Å². The molecule has 0 bridgehead atoms. The van der Waals surface area contributed by atoms with Crippen LogP contribution >= 0.6 is 12.4 Å². The summed E-state index contributed by atoms with van der Waals surface area (Å²) in [6.45, 7) is 1.94. The molecule has 0 aliphatic carbocycles. The van der Waals surface area contributed by atoms with Gasteiger partial charge in [0.1, 0.15) is 18.2 Å². The Balaban J connectivity index is 0.00000176. The first kappa shape index (κ1) is 16.2. The second-order valence-electron chi connectivity index (χ2n) is 4.84. The number of anilines is 1. The molecule has 1 amide bonds. The van der Waals surface area contributed by atoms with Crippen molar-refractivity contribution in [3.05, 3.63) is 46.9 Å². The number of amides is 1. The quantitative estimate of drug-likeness (QED) is 0.922. The number of aryl methyl sites for hydroxylation is 2. The molecule has 1 N–H and O–H groups in total. The van der Waals surface area contributed by atoms with Crippen LogP contribution in [-0.2, 0) is 18.3 Å². The predicted octanol–water partition coefficient (Wildman–Crippen LogP) is 2.33. The Morgan fingerprint density at radius 3 is 2.77 bits per heavy atom. The van der Waals surface area contributed by atoms with Gasteiger partial charge in [-0.3, -0.25) is 14.5 Å². The molecular formula is C15H16ClFN4O. The van der Waals surface area contributed by atoms with Crippen LogP contribution in [0.3, 0.4) is 0 Å². The number of fused-ring (bicyclic) bond motifs is 1. The van der Waals surface area contributed by atoms with Crippen LogP contribution in [0.2, 0.25) is 0 Å². The standard InChI is InChI=1S/C15H15FN4O.ClH/c1-3-11-13-14(9-6-4-5-7-10(9)16)17-8-12(21)18-15(13)20(2)19-11;/h4-7H,3,8H2,1-2H3,(H,18,21);1H. The third-order valence-corrected chi connectivity index (χ3v) is 3.46. The van der Waals surface area contributed by atoms with Crippen LogP contribution in [0.1, 0.15) is 23.7 Å². The van der Waals surface area contributed by atoms with Crippen molar-refractivity contribution in [2.75, 3.05) is 11.9 Å². The van der Waals surface area contributed by atoms with E-state index in [-0.39, 0.29) is 30.7 Å². The second-order valence-corrected chi connectivity index (χ2v) is 4.84. The first-order valence-electron chi connectivity index (χ1n) is 6.77. The van der Waals surface area contributed by atoms with Crippen LogP contribution in [0, 0.1) is 5.82 Å². The van der Waals surface area contributed by atoms with E-state index in [1.54, 1.807) is 29.9 Å². The van der Waals surface area contributed by atoms with E-state index in [0.29, 0.717) is 29.1 Å². The lowest BCUT2D eigenvalue weighted by atomic mass is 10.0. The van der Waals surface area contributed by atoms with E-state index in [4.69, 9.17) is 0 Å². The largest absolute Gasteiger partial charge is 0.309 e. The average Bonchev–Trinajstić information content (AvgIpc) is 2.67. The molecule has 0 radical (unpaired) electrons. The van der Waals surface area contributed by atoms with Crippen molar-refractivity contribution in [1.29, 1.82) is 0 Å². The SMILES string of the molecule is CCc1nn(C)c2c1C(c1ccccc1F)=NCC(=O)N2.Cl. The van der Waals surface area contributed by atoms with Gasteiger partial charge in [0.25, 0.3) is 0 Å². The lowest BCUT2D eigenvalue weighted by Crippen LogP contribution is -2.16. The summed E-state index contributed by atoms with van der Waals surface area (Å²) in [5.41, 5.74) is 2.36. The number of nitrogens with one attached hydrogen (secondary N) is 1.